The highest BCUT2D eigenvalue weighted by Crippen LogP contribution is 2.41. The summed E-state index contributed by atoms with van der Waals surface area (Å²) >= 11 is 0. The lowest BCUT2D eigenvalue weighted by Gasteiger charge is -2.27. The van der Waals surface area contributed by atoms with Crippen LogP contribution in [0.4, 0.5) is 34.1 Å². The number of hydrogen-bond donors (Lipinski definition) is 0. The number of nitrogens with zero attached hydrogens (tertiary/aromatic N) is 2. The Morgan fingerprint density at radius 2 is 0.412 bits per heavy atom. The molecule has 7 aromatic carbocycles. The molecule has 2 nitrogen and oxygen atoms in total. The van der Waals surface area contributed by atoms with Crippen LogP contribution in [0.5, 0.6) is 0 Å². The molecule has 0 fully saturated rings. The molecule has 0 spiro atoms. The van der Waals surface area contributed by atoms with Crippen molar-refractivity contribution in [2.75, 3.05) is 9.80 Å². The van der Waals surface area contributed by atoms with E-state index >= 15 is 0 Å². The Morgan fingerprint density at radius 3 is 0.625 bits per heavy atom. The summed E-state index contributed by atoms with van der Waals surface area (Å²) in [6.07, 6.45) is 37.4. The van der Waals surface area contributed by atoms with Crippen LogP contribution in [-0.4, -0.2) is 0 Å². The van der Waals surface area contributed by atoms with E-state index in [0.29, 0.717) is 0 Å². The van der Waals surface area contributed by atoms with E-state index in [1.165, 1.54) is 244 Å². The number of rotatable bonds is 38. The van der Waals surface area contributed by atoms with Crippen LogP contribution in [0.1, 0.15) is 229 Å². The quantitative estimate of drug-likeness (QED) is 0.0356. The van der Waals surface area contributed by atoms with Crippen LogP contribution in [0.2, 0.25) is 0 Å². The number of hydrogen-bond acceptors (Lipinski definition) is 2. The molecule has 0 atom stereocenters. The van der Waals surface area contributed by atoms with Crippen LogP contribution in [0.25, 0.3) is 22.3 Å². The van der Waals surface area contributed by atoms with E-state index in [4.69, 9.17) is 0 Å². The molecule has 7 rings (SSSR count). The summed E-state index contributed by atoms with van der Waals surface area (Å²) in [7, 11) is 0. The first-order valence-electron chi connectivity index (χ1n) is 32.8. The molecule has 0 bridgehead atoms. The molecule has 0 unspecified atom stereocenters. The van der Waals surface area contributed by atoms with Crippen molar-refractivity contribution in [2.24, 2.45) is 0 Å². The third-order valence-electron chi connectivity index (χ3n) is 16.9. The molecule has 2 heteroatoms. The van der Waals surface area contributed by atoms with Crippen LogP contribution >= 0.6 is 0 Å². The van der Waals surface area contributed by atoms with Gasteiger partial charge in [0.25, 0.3) is 0 Å². The lowest BCUT2D eigenvalue weighted by molar-refractivity contribution is 0.664. The van der Waals surface area contributed by atoms with Gasteiger partial charge in [0.1, 0.15) is 0 Å². The average Bonchev–Trinajstić information content (AvgIpc) is 3.54. The fourth-order valence-corrected chi connectivity index (χ4v) is 11.9. The van der Waals surface area contributed by atoms with E-state index < -0.39 is 0 Å². The van der Waals surface area contributed by atoms with E-state index in [-0.39, 0.29) is 0 Å². The van der Waals surface area contributed by atoms with E-state index in [2.05, 4.69) is 209 Å². The van der Waals surface area contributed by atoms with Gasteiger partial charge in [-0.3, -0.25) is 0 Å². The SMILES string of the molecule is CCCCCCc1ccc(N(c2ccc(CCCCCC)cc2)c2ccc(-c3cc(CCCCCC)c(-c4ccc(N(c5ccc(CCCCCC)cc5)c5ccc(CCCCCC)cc5)cc4)cc3CCCCCC)cc2)cc1. The minimum absolute atomic E-state index is 1.08. The molecule has 0 aliphatic heterocycles. The molecule has 0 amide bonds. The summed E-state index contributed by atoms with van der Waals surface area (Å²) in [5, 5.41) is 0. The van der Waals surface area contributed by atoms with Crippen molar-refractivity contribution >= 4 is 34.1 Å². The molecular weight excluding hydrogens is 965 g/mol. The summed E-state index contributed by atoms with van der Waals surface area (Å²) in [5.41, 5.74) is 21.4. The first-order chi connectivity index (χ1) is 39.5. The maximum Gasteiger partial charge on any atom is 0.0462 e. The maximum atomic E-state index is 2.61. The zero-order valence-electron chi connectivity index (χ0n) is 51.1. The minimum Gasteiger partial charge on any atom is -0.311 e. The van der Waals surface area contributed by atoms with Gasteiger partial charge in [-0.1, -0.05) is 242 Å². The summed E-state index contributed by atoms with van der Waals surface area (Å²) < 4.78 is 0. The largest absolute Gasteiger partial charge is 0.311 e. The molecule has 0 N–H and O–H groups in total. The Labute approximate surface area is 488 Å². The second-order valence-corrected chi connectivity index (χ2v) is 23.5. The van der Waals surface area contributed by atoms with Crippen molar-refractivity contribution in [1.82, 2.24) is 0 Å². The fraction of sp³-hybridized carbons (Fsp3) is 0.462. The van der Waals surface area contributed by atoms with E-state index in [1.54, 1.807) is 0 Å². The van der Waals surface area contributed by atoms with Crippen molar-refractivity contribution in [3.63, 3.8) is 0 Å². The smallest absolute Gasteiger partial charge is 0.0462 e. The Hall–Kier alpha value is -5.86. The Balaban J connectivity index is 1.24. The lowest BCUT2D eigenvalue weighted by Crippen LogP contribution is -2.10. The van der Waals surface area contributed by atoms with Gasteiger partial charge in [-0.15, -0.1) is 0 Å². The second kappa shape index (κ2) is 35.1. The van der Waals surface area contributed by atoms with Crippen molar-refractivity contribution in [3.8, 4) is 22.3 Å². The van der Waals surface area contributed by atoms with E-state index in [9.17, 15) is 0 Å². The van der Waals surface area contributed by atoms with Gasteiger partial charge < -0.3 is 9.80 Å². The predicted octanol–water partition coefficient (Wildman–Crippen LogP) is 24.7. The molecule has 426 valence electrons. The molecule has 0 saturated carbocycles. The van der Waals surface area contributed by atoms with E-state index in [0.717, 1.165) is 38.5 Å². The first-order valence-corrected chi connectivity index (χ1v) is 32.8. The zero-order chi connectivity index (χ0) is 56.0. The van der Waals surface area contributed by atoms with Gasteiger partial charge in [-0.05, 0) is 205 Å². The van der Waals surface area contributed by atoms with Gasteiger partial charge in [0.05, 0.1) is 0 Å². The van der Waals surface area contributed by atoms with Crippen LogP contribution in [0, 0.1) is 0 Å². The molecule has 0 aliphatic rings. The normalized spacial score (nSPS) is 11.4. The van der Waals surface area contributed by atoms with Crippen LogP contribution < -0.4 is 9.80 Å². The molecule has 0 aromatic heterocycles. The van der Waals surface area contributed by atoms with Crippen LogP contribution in [0.3, 0.4) is 0 Å². The number of aryl methyl sites for hydroxylation is 6. The minimum atomic E-state index is 1.08. The third kappa shape index (κ3) is 19.1. The highest BCUT2D eigenvalue weighted by atomic mass is 15.1. The van der Waals surface area contributed by atoms with Gasteiger partial charge in [-0.25, -0.2) is 0 Å². The molecule has 0 heterocycles. The van der Waals surface area contributed by atoms with Gasteiger partial charge in [0.2, 0.25) is 0 Å². The van der Waals surface area contributed by atoms with Crippen molar-refractivity contribution in [2.45, 2.75) is 234 Å². The Bertz CT molecular complexity index is 2440. The summed E-state index contributed by atoms with van der Waals surface area (Å²) in [6, 6.07) is 62.2. The zero-order valence-corrected chi connectivity index (χ0v) is 51.1. The average molecular weight is 1070 g/mol. The molecular formula is C78H104N2. The predicted molar refractivity (Wildman–Crippen MR) is 354 cm³/mol. The number of benzene rings is 7. The maximum absolute atomic E-state index is 2.61. The highest BCUT2D eigenvalue weighted by molar-refractivity contribution is 5.83. The molecule has 7 aromatic rings. The summed E-state index contributed by atoms with van der Waals surface area (Å²) in [4.78, 5) is 4.94. The van der Waals surface area contributed by atoms with Crippen molar-refractivity contribution in [3.05, 3.63) is 191 Å². The summed E-state index contributed by atoms with van der Waals surface area (Å²) in [6.45, 7) is 13.8. The van der Waals surface area contributed by atoms with Crippen molar-refractivity contribution in [1.29, 1.82) is 0 Å². The first kappa shape index (κ1) is 61.8. The van der Waals surface area contributed by atoms with Crippen molar-refractivity contribution < 1.29 is 0 Å². The molecule has 0 radical (unpaired) electrons. The Morgan fingerprint density at radius 1 is 0.212 bits per heavy atom. The second-order valence-electron chi connectivity index (χ2n) is 23.5. The molecule has 0 saturated heterocycles. The number of anilines is 6. The number of unbranched alkanes of at least 4 members (excludes halogenated alkanes) is 18. The van der Waals surface area contributed by atoms with Gasteiger partial charge >= 0.3 is 0 Å². The molecule has 0 aliphatic carbocycles. The van der Waals surface area contributed by atoms with Gasteiger partial charge in [0, 0.05) is 34.1 Å². The topological polar surface area (TPSA) is 6.48 Å². The highest BCUT2D eigenvalue weighted by Gasteiger charge is 2.19. The van der Waals surface area contributed by atoms with E-state index in [1.807, 2.05) is 0 Å². The lowest BCUT2D eigenvalue weighted by atomic mass is 9.86. The van der Waals surface area contributed by atoms with Gasteiger partial charge in [0.15, 0.2) is 0 Å². The third-order valence-corrected chi connectivity index (χ3v) is 16.9. The van der Waals surface area contributed by atoms with Crippen LogP contribution in [-0.2, 0) is 38.5 Å². The monoisotopic (exact) mass is 1070 g/mol. The standard InChI is InChI=1S/C78H104N2/c1-7-13-19-25-31-63-37-49-71(50-38-63)79(72-51-39-64(40-52-72)32-26-20-14-8-2)75-57-45-67(46-58-75)77-61-70(36-30-24-18-12-6)78(62-69(77)35-29-23-17-11-5)68-47-59-76(60-48-68)80(73-53-41-65(42-54-73)33-27-21-15-9-3)74-55-43-66(44-56-74)34-28-22-16-10-4/h37-62H,7-36H2,1-6H3. The Kier molecular flexibility index (Phi) is 27.1. The van der Waals surface area contributed by atoms with Crippen LogP contribution in [0.15, 0.2) is 158 Å². The molecule has 80 heavy (non-hydrogen) atoms. The summed E-state index contributed by atoms with van der Waals surface area (Å²) in [5.74, 6) is 0. The van der Waals surface area contributed by atoms with Gasteiger partial charge in [-0.2, -0.15) is 0 Å². The fourth-order valence-electron chi connectivity index (χ4n) is 11.9.